The molecule has 0 aliphatic rings. The Morgan fingerprint density at radius 1 is 1.08 bits per heavy atom. The number of anilines is 2. The highest BCUT2D eigenvalue weighted by atomic mass is 32.1. The number of hydrogen-bond acceptors (Lipinski definition) is 4. The Hall–Kier alpha value is -2.27. The first-order valence-electron chi connectivity index (χ1n) is 7.01. The summed E-state index contributed by atoms with van der Waals surface area (Å²) in [7, 11) is 1.17. The van der Waals surface area contributed by atoms with E-state index in [1.54, 1.807) is 6.07 Å². The van der Waals surface area contributed by atoms with E-state index in [0.717, 1.165) is 16.2 Å². The van der Waals surface area contributed by atoms with Gasteiger partial charge in [-0.25, -0.2) is 26.7 Å². The van der Waals surface area contributed by atoms with Crippen LogP contribution in [0.25, 0.3) is 0 Å². The van der Waals surface area contributed by atoms with Gasteiger partial charge in [0.25, 0.3) is 0 Å². The Kier molecular flexibility index (Phi) is 6.13. The summed E-state index contributed by atoms with van der Waals surface area (Å²) in [4.78, 5) is 12.5. The molecule has 26 heavy (non-hydrogen) atoms. The van der Waals surface area contributed by atoms with Crippen LogP contribution in [0.3, 0.4) is 0 Å². The van der Waals surface area contributed by atoms with Crippen molar-refractivity contribution >= 4 is 45.3 Å². The van der Waals surface area contributed by atoms with E-state index in [1.165, 1.54) is 7.11 Å². The van der Waals surface area contributed by atoms with Crippen LogP contribution in [0.4, 0.5) is 32.6 Å². The molecule has 0 aliphatic carbocycles. The Morgan fingerprint density at radius 2 is 1.62 bits per heavy atom. The number of carbonyl (C=O) groups is 1. The number of carbonyl (C=O) groups excluding carboxylic acids is 1. The maximum Gasteiger partial charge on any atom is 0.340 e. The molecule has 11 heteroatoms. The Bertz CT molecular complexity index is 856. The molecule has 0 bridgehead atoms. The van der Waals surface area contributed by atoms with Crippen LogP contribution in [-0.4, -0.2) is 18.2 Å². The molecule has 0 unspecified atom stereocenters. The van der Waals surface area contributed by atoms with E-state index >= 15 is 0 Å². The van der Waals surface area contributed by atoms with Crippen molar-refractivity contribution in [3.05, 3.63) is 45.6 Å². The summed E-state index contributed by atoms with van der Waals surface area (Å²) in [6.07, 6.45) is 0.591. The first-order valence-corrected chi connectivity index (χ1v) is 8.24. The lowest BCUT2D eigenvalue weighted by Gasteiger charge is -2.13. The van der Waals surface area contributed by atoms with Crippen LogP contribution in [0.5, 0.6) is 0 Å². The molecule has 4 nitrogen and oxygen atoms in total. The van der Waals surface area contributed by atoms with Crippen LogP contribution in [0.15, 0.2) is 6.07 Å². The van der Waals surface area contributed by atoms with Crippen LogP contribution in [0.2, 0.25) is 0 Å². The van der Waals surface area contributed by atoms with Gasteiger partial charge >= 0.3 is 5.97 Å². The summed E-state index contributed by atoms with van der Waals surface area (Å²) >= 11 is 5.97. The van der Waals surface area contributed by atoms with E-state index in [1.807, 2.05) is 12.2 Å². The number of thiocarbonyl (C=S) groups is 1. The average Bonchev–Trinajstić information content (AvgIpc) is 3.04. The average molecular weight is 410 g/mol. The first kappa shape index (κ1) is 20.0. The second-order valence-electron chi connectivity index (χ2n) is 4.82. The van der Waals surface area contributed by atoms with Gasteiger partial charge in [-0.3, -0.25) is 0 Å². The molecule has 0 fully saturated rings. The maximum absolute atomic E-state index is 13.7. The monoisotopic (exact) mass is 410 g/mol. The molecule has 0 saturated carbocycles. The standard InChI is InChI=1S/C15H11F5N2O2S2/c1-3-5-4-6(14(23)24-2)13(26-5)22-15(25)21-12-10(19)8(17)7(16)9(18)11(12)20/h4H,3H2,1-2H3,(H2,21,22,25). The minimum Gasteiger partial charge on any atom is -0.465 e. The van der Waals surface area contributed by atoms with Crippen LogP contribution in [0, 0.1) is 29.1 Å². The van der Waals surface area contributed by atoms with Crippen molar-refractivity contribution in [1.82, 2.24) is 0 Å². The highest BCUT2D eigenvalue weighted by Crippen LogP contribution is 2.31. The minimum absolute atomic E-state index is 0.121. The van der Waals surface area contributed by atoms with E-state index < -0.39 is 45.9 Å². The molecule has 0 atom stereocenters. The summed E-state index contributed by atoms with van der Waals surface area (Å²) < 4.78 is 71.5. The predicted octanol–water partition coefficient (Wildman–Crippen LogP) is 4.60. The van der Waals surface area contributed by atoms with Gasteiger partial charge in [0.15, 0.2) is 28.4 Å². The molecule has 2 rings (SSSR count). The molecule has 1 aromatic heterocycles. The number of hydrogen-bond donors (Lipinski definition) is 2. The molecule has 0 spiro atoms. The molecule has 0 aliphatic heterocycles. The van der Waals surface area contributed by atoms with Gasteiger partial charge in [-0.05, 0) is 24.7 Å². The fourth-order valence-electron chi connectivity index (χ4n) is 1.93. The van der Waals surface area contributed by atoms with E-state index in [0.29, 0.717) is 6.42 Å². The van der Waals surface area contributed by atoms with E-state index in [-0.39, 0.29) is 10.6 Å². The van der Waals surface area contributed by atoms with Crippen LogP contribution in [-0.2, 0) is 11.2 Å². The normalized spacial score (nSPS) is 10.6. The SMILES string of the molecule is CCc1cc(C(=O)OC)c(NC(=S)Nc2c(F)c(F)c(F)c(F)c2F)s1. The molecule has 0 radical (unpaired) electrons. The Labute approximate surface area is 154 Å². The number of methoxy groups -OCH3 is 1. The van der Waals surface area contributed by atoms with Crippen LogP contribution < -0.4 is 10.6 Å². The lowest BCUT2D eigenvalue weighted by Crippen LogP contribution is -2.22. The van der Waals surface area contributed by atoms with Crippen molar-refractivity contribution in [2.45, 2.75) is 13.3 Å². The number of benzene rings is 1. The second-order valence-corrected chi connectivity index (χ2v) is 6.37. The molecule has 140 valence electrons. The number of esters is 1. The second kappa shape index (κ2) is 7.96. The third-order valence-corrected chi connectivity index (χ3v) is 4.61. The van der Waals surface area contributed by atoms with Crippen molar-refractivity contribution in [2.75, 3.05) is 17.7 Å². The maximum atomic E-state index is 13.7. The van der Waals surface area contributed by atoms with Gasteiger partial charge in [0.05, 0.1) is 12.7 Å². The summed E-state index contributed by atoms with van der Waals surface area (Å²) in [5.41, 5.74) is -1.18. The van der Waals surface area contributed by atoms with E-state index in [9.17, 15) is 26.7 Å². The Balaban J connectivity index is 2.31. The highest BCUT2D eigenvalue weighted by molar-refractivity contribution is 7.80. The molecule has 0 amide bonds. The number of thiophene rings is 1. The zero-order chi connectivity index (χ0) is 19.6. The van der Waals surface area contributed by atoms with Gasteiger partial charge in [0, 0.05) is 4.88 Å². The van der Waals surface area contributed by atoms with Gasteiger partial charge in [0.1, 0.15) is 10.7 Å². The molecule has 2 N–H and O–H groups in total. The minimum atomic E-state index is -2.27. The van der Waals surface area contributed by atoms with Gasteiger partial charge < -0.3 is 15.4 Å². The quantitative estimate of drug-likeness (QED) is 0.254. The van der Waals surface area contributed by atoms with Crippen LogP contribution in [0.1, 0.15) is 22.2 Å². The van der Waals surface area contributed by atoms with Gasteiger partial charge in [-0.1, -0.05) is 6.92 Å². The molecule has 0 saturated heterocycles. The smallest absolute Gasteiger partial charge is 0.340 e. The third-order valence-electron chi connectivity index (χ3n) is 3.21. The summed E-state index contributed by atoms with van der Waals surface area (Å²) in [5, 5.41) is 4.16. The third kappa shape index (κ3) is 3.78. The topological polar surface area (TPSA) is 50.4 Å². The van der Waals surface area contributed by atoms with Gasteiger partial charge in [-0.15, -0.1) is 11.3 Å². The van der Waals surface area contributed by atoms with Crippen molar-refractivity contribution in [3.8, 4) is 0 Å². The van der Waals surface area contributed by atoms with Gasteiger partial charge in [0.2, 0.25) is 5.82 Å². The number of halogens is 5. The first-order chi connectivity index (χ1) is 12.2. The molecular weight excluding hydrogens is 399 g/mol. The highest BCUT2D eigenvalue weighted by Gasteiger charge is 2.26. The van der Waals surface area contributed by atoms with Crippen molar-refractivity contribution in [3.63, 3.8) is 0 Å². The van der Waals surface area contributed by atoms with Crippen LogP contribution >= 0.6 is 23.6 Å². The summed E-state index contributed by atoms with van der Waals surface area (Å²) in [5.74, 6) is -11.3. The van der Waals surface area contributed by atoms with Crippen molar-refractivity contribution in [2.24, 2.45) is 0 Å². The molecule has 2 aromatic rings. The molecule has 1 aromatic carbocycles. The predicted molar refractivity (Wildman–Crippen MR) is 91.1 cm³/mol. The Morgan fingerprint density at radius 3 is 2.12 bits per heavy atom. The fourth-order valence-corrected chi connectivity index (χ4v) is 3.19. The molecular formula is C15H11F5N2O2S2. The lowest BCUT2D eigenvalue weighted by atomic mass is 10.2. The zero-order valence-electron chi connectivity index (χ0n) is 13.3. The fraction of sp³-hybridized carbons (Fsp3) is 0.200. The summed E-state index contributed by atoms with van der Waals surface area (Å²) in [6, 6.07) is 1.54. The van der Waals surface area contributed by atoms with E-state index in [2.05, 4.69) is 10.1 Å². The number of nitrogens with one attached hydrogen (secondary N) is 2. The number of rotatable bonds is 4. The molecule has 1 heterocycles. The number of ether oxygens (including phenoxy) is 1. The largest absolute Gasteiger partial charge is 0.465 e. The van der Waals surface area contributed by atoms with Gasteiger partial charge in [-0.2, -0.15) is 0 Å². The van der Waals surface area contributed by atoms with Crippen molar-refractivity contribution in [1.29, 1.82) is 0 Å². The zero-order valence-corrected chi connectivity index (χ0v) is 14.9. The summed E-state index contributed by atoms with van der Waals surface area (Å²) in [6.45, 7) is 1.84. The number of aryl methyl sites for hydroxylation is 1. The van der Waals surface area contributed by atoms with Crippen molar-refractivity contribution < 1.29 is 31.5 Å². The lowest BCUT2D eigenvalue weighted by molar-refractivity contribution is 0.0602. The van der Waals surface area contributed by atoms with E-state index in [4.69, 9.17) is 12.2 Å².